The van der Waals surface area contributed by atoms with Gasteiger partial charge in [0, 0.05) is 6.07 Å². The topological polar surface area (TPSA) is 94.5 Å². The normalized spacial score (nSPS) is 13.8. The lowest BCUT2D eigenvalue weighted by Gasteiger charge is -2.18. The minimum absolute atomic E-state index is 0.143. The van der Waals surface area contributed by atoms with Crippen LogP contribution in [0.2, 0.25) is 0 Å². The van der Waals surface area contributed by atoms with Crippen molar-refractivity contribution in [2.24, 2.45) is 0 Å². The minimum atomic E-state index is -0.860. The van der Waals surface area contributed by atoms with E-state index >= 15 is 0 Å². The van der Waals surface area contributed by atoms with Crippen LogP contribution in [0.4, 0.5) is 5.69 Å². The van der Waals surface area contributed by atoms with E-state index in [-0.39, 0.29) is 17.0 Å². The minimum Gasteiger partial charge on any atom is -0.502 e. The second kappa shape index (κ2) is 7.51. The van der Waals surface area contributed by atoms with Crippen LogP contribution < -0.4 is 23.8 Å². The van der Waals surface area contributed by atoms with Gasteiger partial charge in [-0.15, -0.1) is 0 Å². The summed E-state index contributed by atoms with van der Waals surface area (Å²) in [5.74, 6) is -0.698. The molecule has 0 saturated carbocycles. The Morgan fingerprint density at radius 2 is 1.39 bits per heavy atom. The number of rotatable bonds is 6. The van der Waals surface area contributed by atoms with E-state index in [1.54, 1.807) is 24.3 Å². The highest BCUT2D eigenvalue weighted by molar-refractivity contribution is 6.45. The van der Waals surface area contributed by atoms with Crippen molar-refractivity contribution in [1.82, 2.24) is 0 Å². The predicted molar refractivity (Wildman–Crippen MR) is 101 cm³/mol. The van der Waals surface area contributed by atoms with E-state index in [0.29, 0.717) is 22.8 Å². The summed E-state index contributed by atoms with van der Waals surface area (Å²) in [5, 5.41) is 10.4. The maximum absolute atomic E-state index is 13.1. The second-order valence-electron chi connectivity index (χ2n) is 5.78. The van der Waals surface area contributed by atoms with Crippen LogP contribution in [0.1, 0.15) is 5.56 Å². The quantitative estimate of drug-likeness (QED) is 0.764. The van der Waals surface area contributed by atoms with Crippen molar-refractivity contribution < 1.29 is 33.6 Å². The molecular formula is C20H19NO7. The number of carbonyl (C=O) groups excluding carboxylic acids is 2. The van der Waals surface area contributed by atoms with E-state index in [4.69, 9.17) is 18.9 Å². The van der Waals surface area contributed by atoms with Gasteiger partial charge < -0.3 is 24.1 Å². The van der Waals surface area contributed by atoms with Crippen molar-refractivity contribution in [2.75, 3.05) is 33.3 Å². The van der Waals surface area contributed by atoms with Gasteiger partial charge in [-0.05, 0) is 29.8 Å². The highest BCUT2D eigenvalue weighted by Gasteiger charge is 2.41. The van der Waals surface area contributed by atoms with Gasteiger partial charge in [-0.3, -0.25) is 9.59 Å². The molecule has 8 heteroatoms. The number of ether oxygens (including phenoxy) is 4. The molecule has 0 spiro atoms. The highest BCUT2D eigenvalue weighted by atomic mass is 16.5. The molecule has 3 rings (SSSR count). The van der Waals surface area contributed by atoms with Gasteiger partial charge in [-0.25, -0.2) is 4.90 Å². The van der Waals surface area contributed by atoms with Gasteiger partial charge in [0.25, 0.3) is 5.91 Å². The summed E-state index contributed by atoms with van der Waals surface area (Å²) in [6, 6.07) is 9.35. The van der Waals surface area contributed by atoms with Gasteiger partial charge in [-0.1, -0.05) is 6.07 Å². The van der Waals surface area contributed by atoms with Crippen LogP contribution in [-0.2, 0) is 9.59 Å². The Balaban J connectivity index is 2.09. The third kappa shape index (κ3) is 2.98. The molecule has 28 heavy (non-hydrogen) atoms. The van der Waals surface area contributed by atoms with Crippen LogP contribution in [0.25, 0.3) is 5.57 Å². The molecule has 1 heterocycles. The first-order valence-corrected chi connectivity index (χ1v) is 8.23. The van der Waals surface area contributed by atoms with Crippen LogP contribution >= 0.6 is 0 Å². The molecule has 0 aromatic heterocycles. The molecule has 1 aliphatic rings. The number of nitrogens with zero attached hydrogens (tertiary/aromatic N) is 1. The monoisotopic (exact) mass is 385 g/mol. The fourth-order valence-electron chi connectivity index (χ4n) is 2.96. The lowest BCUT2D eigenvalue weighted by atomic mass is 10.0. The molecule has 1 N–H and O–H groups in total. The number of benzene rings is 2. The van der Waals surface area contributed by atoms with Gasteiger partial charge in [0.2, 0.25) is 0 Å². The molecule has 0 atom stereocenters. The lowest BCUT2D eigenvalue weighted by Crippen LogP contribution is -2.31. The van der Waals surface area contributed by atoms with E-state index in [9.17, 15) is 14.7 Å². The number of amides is 2. The van der Waals surface area contributed by atoms with Crippen molar-refractivity contribution in [2.45, 2.75) is 0 Å². The molecule has 0 aliphatic carbocycles. The Hall–Kier alpha value is -3.68. The smallest absolute Gasteiger partial charge is 0.301 e. The number of hydrogen-bond donors (Lipinski definition) is 1. The molecule has 0 fully saturated rings. The Morgan fingerprint density at radius 3 is 2.00 bits per heavy atom. The summed E-state index contributed by atoms with van der Waals surface area (Å²) in [4.78, 5) is 26.6. The van der Waals surface area contributed by atoms with Crippen molar-refractivity contribution in [1.29, 1.82) is 0 Å². The number of methoxy groups -OCH3 is 4. The molecule has 8 nitrogen and oxygen atoms in total. The molecule has 0 unspecified atom stereocenters. The van der Waals surface area contributed by atoms with Gasteiger partial charge in [0.05, 0.1) is 39.7 Å². The fourth-order valence-corrected chi connectivity index (χ4v) is 2.96. The SMILES string of the molecule is COc1ccc(OC)c(N2C(=O)C(O)=C(c3ccc(OC)c(OC)c3)C2=O)c1. The molecule has 146 valence electrons. The zero-order valence-corrected chi connectivity index (χ0v) is 15.8. The van der Waals surface area contributed by atoms with E-state index in [1.165, 1.54) is 40.6 Å². The van der Waals surface area contributed by atoms with Crippen LogP contribution in [0.15, 0.2) is 42.2 Å². The van der Waals surface area contributed by atoms with Gasteiger partial charge >= 0.3 is 5.91 Å². The number of imide groups is 1. The molecule has 0 saturated heterocycles. The summed E-state index contributed by atoms with van der Waals surface area (Å²) >= 11 is 0. The van der Waals surface area contributed by atoms with Gasteiger partial charge in [0.15, 0.2) is 17.3 Å². The standard InChI is InChI=1S/C20H19NO7/c1-25-12-6-8-14(26-2)13(10-12)21-19(23)17(18(22)20(21)24)11-5-7-15(27-3)16(9-11)28-4/h5-10,22H,1-4H3. The third-order valence-electron chi connectivity index (χ3n) is 4.36. The van der Waals surface area contributed by atoms with E-state index in [2.05, 4.69) is 0 Å². The van der Waals surface area contributed by atoms with Gasteiger partial charge in [0.1, 0.15) is 11.5 Å². The number of carbonyl (C=O) groups is 2. The zero-order chi connectivity index (χ0) is 20.4. The van der Waals surface area contributed by atoms with Crippen LogP contribution in [0, 0.1) is 0 Å². The van der Waals surface area contributed by atoms with Crippen LogP contribution in [0.5, 0.6) is 23.0 Å². The molecule has 2 aromatic carbocycles. The van der Waals surface area contributed by atoms with E-state index in [0.717, 1.165) is 4.90 Å². The van der Waals surface area contributed by atoms with Crippen molar-refractivity contribution in [3.05, 3.63) is 47.7 Å². The van der Waals surface area contributed by atoms with Crippen molar-refractivity contribution in [3.8, 4) is 23.0 Å². The van der Waals surface area contributed by atoms with Crippen molar-refractivity contribution in [3.63, 3.8) is 0 Å². The average molecular weight is 385 g/mol. The third-order valence-corrected chi connectivity index (χ3v) is 4.36. The summed E-state index contributed by atoms with van der Waals surface area (Å²) in [5.41, 5.74) is 0.340. The molecule has 0 bridgehead atoms. The Bertz CT molecular complexity index is 981. The lowest BCUT2D eigenvalue weighted by molar-refractivity contribution is -0.121. The maximum atomic E-state index is 13.1. The second-order valence-corrected chi connectivity index (χ2v) is 5.78. The molecule has 1 aliphatic heterocycles. The molecule has 2 aromatic rings. The number of aliphatic hydroxyl groups excluding tert-OH is 1. The summed E-state index contributed by atoms with van der Waals surface area (Å²) in [6.45, 7) is 0. The Labute approximate surface area is 161 Å². The highest BCUT2D eigenvalue weighted by Crippen LogP contribution is 2.40. The average Bonchev–Trinajstić information content (AvgIpc) is 2.95. The largest absolute Gasteiger partial charge is 0.502 e. The van der Waals surface area contributed by atoms with Crippen molar-refractivity contribution >= 4 is 23.1 Å². The first-order valence-electron chi connectivity index (χ1n) is 8.23. The number of hydrogen-bond acceptors (Lipinski definition) is 7. The zero-order valence-electron chi connectivity index (χ0n) is 15.8. The Kier molecular flexibility index (Phi) is 5.12. The summed E-state index contributed by atoms with van der Waals surface area (Å²) < 4.78 is 20.8. The van der Waals surface area contributed by atoms with Crippen LogP contribution in [-0.4, -0.2) is 45.4 Å². The molecule has 0 radical (unpaired) electrons. The summed E-state index contributed by atoms with van der Waals surface area (Å²) in [7, 11) is 5.81. The van der Waals surface area contributed by atoms with Gasteiger partial charge in [-0.2, -0.15) is 0 Å². The first-order chi connectivity index (χ1) is 13.5. The number of aliphatic hydroxyl groups is 1. The fraction of sp³-hybridized carbons (Fsp3) is 0.200. The van der Waals surface area contributed by atoms with E-state index in [1.807, 2.05) is 0 Å². The number of anilines is 1. The van der Waals surface area contributed by atoms with E-state index < -0.39 is 17.6 Å². The van der Waals surface area contributed by atoms with Crippen LogP contribution in [0.3, 0.4) is 0 Å². The first kappa shape index (κ1) is 19.1. The summed E-state index contributed by atoms with van der Waals surface area (Å²) in [6.07, 6.45) is 0. The molecular weight excluding hydrogens is 366 g/mol. The maximum Gasteiger partial charge on any atom is 0.301 e. The Morgan fingerprint density at radius 1 is 0.750 bits per heavy atom. The predicted octanol–water partition coefficient (Wildman–Crippen LogP) is 2.56. The molecule has 2 amide bonds.